The van der Waals surface area contributed by atoms with Crippen LogP contribution in [-0.4, -0.2) is 67.6 Å². The number of rotatable bonds is 16. The second-order valence-corrected chi connectivity index (χ2v) is 15.1. The van der Waals surface area contributed by atoms with Gasteiger partial charge in [-0.05, 0) is 118 Å². The summed E-state index contributed by atoms with van der Waals surface area (Å²) in [5, 5.41) is 0.971. The number of carbonyl (C=O) groups excluding carboxylic acids is 2. The van der Waals surface area contributed by atoms with Gasteiger partial charge in [0, 0.05) is 54.0 Å². The molecule has 0 saturated heterocycles. The van der Waals surface area contributed by atoms with Crippen molar-refractivity contribution in [1.82, 2.24) is 14.8 Å². The number of hydrogen-bond donors (Lipinski definition) is 2. The molecule has 5 rings (SSSR count). The van der Waals surface area contributed by atoms with Gasteiger partial charge >= 0.3 is 6.09 Å². The fraction of sp³-hybridized carbons (Fsp3) is 0.333. The molecule has 5 aromatic rings. The number of nitrogens with zero attached hydrogens (tertiary/aromatic N) is 2. The number of benzene rings is 4. The molecule has 0 saturated carbocycles. The normalized spacial score (nSPS) is 11.4. The molecule has 0 aliphatic rings. The van der Waals surface area contributed by atoms with Crippen molar-refractivity contribution < 1.29 is 22.7 Å². The fourth-order valence-electron chi connectivity index (χ4n) is 6.64. The largest absolute Gasteiger partial charge is 0.445 e. The lowest BCUT2D eigenvalue weighted by Crippen LogP contribution is -2.34. The van der Waals surface area contributed by atoms with Crippen molar-refractivity contribution in [2.75, 3.05) is 37.2 Å². The van der Waals surface area contributed by atoms with Crippen LogP contribution in [0.4, 0.5) is 10.5 Å². The highest BCUT2D eigenvalue weighted by molar-refractivity contribution is 7.92. The summed E-state index contributed by atoms with van der Waals surface area (Å²) in [6, 6.07) is 29.4. The maximum Gasteiger partial charge on any atom is 0.410 e. The van der Waals surface area contributed by atoms with Crippen LogP contribution in [0.5, 0.6) is 0 Å². The zero-order valence-corrected chi connectivity index (χ0v) is 31.7. The molecule has 1 heterocycles. The van der Waals surface area contributed by atoms with E-state index in [1.54, 1.807) is 17.0 Å². The average Bonchev–Trinajstić information content (AvgIpc) is 3.48. The first-order valence-corrected chi connectivity index (χ1v) is 19.9. The number of unbranched alkanes of at least 4 members (excludes halogenated alkanes) is 1. The maximum atomic E-state index is 13.7. The third-order valence-electron chi connectivity index (χ3n) is 9.21. The monoisotopic (exact) mass is 722 g/mol. The van der Waals surface area contributed by atoms with Gasteiger partial charge in [0.25, 0.3) is 5.91 Å². The summed E-state index contributed by atoms with van der Waals surface area (Å²) < 4.78 is 31.5. The van der Waals surface area contributed by atoms with Crippen LogP contribution in [0.3, 0.4) is 0 Å². The third kappa shape index (κ3) is 10.3. The molecule has 10 heteroatoms. The number of carbonyl (C=O) groups is 2. The summed E-state index contributed by atoms with van der Waals surface area (Å²) in [5.41, 5.74) is 9.54. The summed E-state index contributed by atoms with van der Waals surface area (Å²) in [6.45, 7) is 10.5. The Morgan fingerprint density at radius 2 is 1.46 bits per heavy atom. The van der Waals surface area contributed by atoms with Crippen LogP contribution in [0.15, 0.2) is 91.0 Å². The highest BCUT2D eigenvalue weighted by Crippen LogP contribution is 2.33. The van der Waals surface area contributed by atoms with E-state index in [-0.39, 0.29) is 18.6 Å². The van der Waals surface area contributed by atoms with Crippen LogP contribution in [0.25, 0.3) is 22.2 Å². The summed E-state index contributed by atoms with van der Waals surface area (Å²) in [7, 11) is -3.34. The molecule has 2 amide bonds. The smallest absolute Gasteiger partial charge is 0.410 e. The Hall–Kier alpha value is -5.09. The lowest BCUT2D eigenvalue weighted by atomic mass is 9.98. The Morgan fingerprint density at radius 1 is 0.769 bits per heavy atom. The molecule has 52 heavy (non-hydrogen) atoms. The van der Waals surface area contributed by atoms with E-state index in [9.17, 15) is 18.0 Å². The molecule has 0 unspecified atom stereocenters. The Bertz CT molecular complexity index is 2070. The molecule has 0 radical (unpaired) electrons. The summed E-state index contributed by atoms with van der Waals surface area (Å²) in [6.07, 6.45) is 3.69. The minimum Gasteiger partial charge on any atom is -0.445 e. The van der Waals surface area contributed by atoms with Crippen molar-refractivity contribution >= 4 is 38.6 Å². The number of aromatic amines is 1. The summed E-state index contributed by atoms with van der Waals surface area (Å²) >= 11 is 0. The minimum absolute atomic E-state index is 0.000541. The number of ether oxygens (including phenoxy) is 1. The van der Waals surface area contributed by atoms with Crippen molar-refractivity contribution in [1.29, 1.82) is 0 Å². The highest BCUT2D eigenvalue weighted by Gasteiger charge is 2.21. The lowest BCUT2D eigenvalue weighted by Gasteiger charge is -2.23. The first-order chi connectivity index (χ1) is 24.9. The van der Waals surface area contributed by atoms with E-state index in [0.29, 0.717) is 43.9 Å². The number of nitrogens with one attached hydrogen (secondary N) is 2. The second kappa shape index (κ2) is 17.4. The Kier molecular flexibility index (Phi) is 12.8. The SMILES string of the molecule is CCN(CC)C(=O)c1ccc2[nH]c(-c3cc(C)cc(C)c3)c(CCN(CCCCc3ccc(NS(C)(=O)=O)cc3)C(=O)OCc3ccccc3)c2c1. The van der Waals surface area contributed by atoms with E-state index in [2.05, 4.69) is 41.8 Å². The Labute approximate surface area is 308 Å². The molecule has 0 atom stereocenters. The van der Waals surface area contributed by atoms with E-state index >= 15 is 0 Å². The van der Waals surface area contributed by atoms with E-state index < -0.39 is 10.0 Å². The van der Waals surface area contributed by atoms with Crippen LogP contribution in [0.2, 0.25) is 0 Å². The van der Waals surface area contributed by atoms with Gasteiger partial charge in [0.2, 0.25) is 10.0 Å². The molecule has 0 aliphatic heterocycles. The number of amides is 2. The van der Waals surface area contributed by atoms with Crippen molar-refractivity contribution in [2.45, 2.75) is 60.0 Å². The van der Waals surface area contributed by atoms with Crippen molar-refractivity contribution in [3.8, 4) is 11.3 Å². The molecular formula is C42H50N4O5S. The number of aromatic nitrogens is 1. The predicted octanol–water partition coefficient (Wildman–Crippen LogP) is 8.51. The number of H-pyrrole nitrogens is 1. The molecule has 274 valence electrons. The molecule has 4 aromatic carbocycles. The van der Waals surface area contributed by atoms with Gasteiger partial charge in [-0.3, -0.25) is 9.52 Å². The van der Waals surface area contributed by atoms with Gasteiger partial charge in [-0.2, -0.15) is 0 Å². The lowest BCUT2D eigenvalue weighted by molar-refractivity contribution is 0.0773. The topological polar surface area (TPSA) is 112 Å². The summed E-state index contributed by atoms with van der Waals surface area (Å²) in [5.74, 6) is -0.000541. The van der Waals surface area contributed by atoms with Gasteiger partial charge in [-0.1, -0.05) is 59.7 Å². The first kappa shape index (κ1) is 38.1. The molecule has 0 aliphatic carbocycles. The van der Waals surface area contributed by atoms with E-state index in [0.717, 1.165) is 75.5 Å². The average molecular weight is 723 g/mol. The van der Waals surface area contributed by atoms with E-state index in [1.165, 1.54) is 0 Å². The van der Waals surface area contributed by atoms with Gasteiger partial charge in [-0.25, -0.2) is 13.2 Å². The highest BCUT2D eigenvalue weighted by atomic mass is 32.2. The van der Waals surface area contributed by atoms with Crippen molar-refractivity contribution in [3.63, 3.8) is 0 Å². The maximum absolute atomic E-state index is 13.7. The quantitative estimate of drug-likeness (QED) is 0.0993. The van der Waals surface area contributed by atoms with Gasteiger partial charge < -0.3 is 19.5 Å². The fourth-order valence-corrected chi connectivity index (χ4v) is 7.20. The molecule has 0 bridgehead atoms. The molecule has 9 nitrogen and oxygen atoms in total. The van der Waals surface area contributed by atoms with Crippen LogP contribution >= 0.6 is 0 Å². The van der Waals surface area contributed by atoms with Crippen LogP contribution < -0.4 is 4.72 Å². The standard InChI is InChI=1S/C42H50N4O5S/c1-6-45(7-2)41(47)34-18-21-39-38(28-34)37(40(43-39)35-26-30(3)25-31(4)27-35)22-24-46(42(48)51-29-33-14-9-8-10-15-33)23-12-11-13-32-16-19-36(20-17-32)44-52(5,49)50/h8-10,14-21,25-28,43-44H,6-7,11-13,22-24,29H2,1-5H3. The number of anilines is 1. The summed E-state index contributed by atoms with van der Waals surface area (Å²) in [4.78, 5) is 34.3. The molecule has 2 N–H and O–H groups in total. The Balaban J connectivity index is 1.39. The molecule has 0 spiro atoms. The number of hydrogen-bond acceptors (Lipinski definition) is 5. The minimum atomic E-state index is -3.34. The second-order valence-electron chi connectivity index (χ2n) is 13.4. The number of sulfonamides is 1. The number of aryl methyl sites for hydroxylation is 3. The molecular weight excluding hydrogens is 673 g/mol. The van der Waals surface area contributed by atoms with Gasteiger partial charge in [0.05, 0.1) is 6.26 Å². The predicted molar refractivity (Wildman–Crippen MR) is 210 cm³/mol. The third-order valence-corrected chi connectivity index (χ3v) is 9.82. The van der Waals surface area contributed by atoms with Crippen LogP contribution in [0, 0.1) is 13.8 Å². The van der Waals surface area contributed by atoms with Gasteiger partial charge in [0.15, 0.2) is 0 Å². The van der Waals surface area contributed by atoms with Crippen LogP contribution in [0.1, 0.15) is 64.9 Å². The van der Waals surface area contributed by atoms with Gasteiger partial charge in [0.1, 0.15) is 6.61 Å². The molecule has 1 aromatic heterocycles. The first-order valence-electron chi connectivity index (χ1n) is 18.0. The molecule has 0 fully saturated rings. The van der Waals surface area contributed by atoms with E-state index in [1.807, 2.05) is 79.4 Å². The van der Waals surface area contributed by atoms with Crippen molar-refractivity contribution in [3.05, 3.63) is 124 Å². The van der Waals surface area contributed by atoms with Crippen LogP contribution in [-0.2, 0) is 34.2 Å². The zero-order valence-electron chi connectivity index (χ0n) is 30.9. The number of fused-ring (bicyclic) bond motifs is 1. The van der Waals surface area contributed by atoms with E-state index in [4.69, 9.17) is 4.74 Å². The zero-order chi connectivity index (χ0) is 37.3. The Morgan fingerprint density at radius 3 is 2.12 bits per heavy atom. The van der Waals surface area contributed by atoms with Crippen molar-refractivity contribution in [2.24, 2.45) is 0 Å². The van der Waals surface area contributed by atoms with Gasteiger partial charge in [-0.15, -0.1) is 0 Å².